The first-order valence-corrected chi connectivity index (χ1v) is 8.53. The Morgan fingerprint density at radius 2 is 2.00 bits per heavy atom. The van der Waals surface area contributed by atoms with E-state index in [1.165, 1.54) is 31.2 Å². The third-order valence-electron chi connectivity index (χ3n) is 3.90. The number of hydrogen-bond acceptors (Lipinski definition) is 2. The summed E-state index contributed by atoms with van der Waals surface area (Å²) in [6, 6.07) is 8.39. The van der Waals surface area contributed by atoms with Crippen molar-refractivity contribution < 1.29 is 4.74 Å². The molecule has 0 aromatic heterocycles. The second kappa shape index (κ2) is 9.78. The van der Waals surface area contributed by atoms with Crippen LogP contribution in [0, 0.1) is 12.3 Å². The topological polar surface area (TPSA) is 45.7 Å². The van der Waals surface area contributed by atoms with Crippen molar-refractivity contribution in [3.05, 3.63) is 29.8 Å². The van der Waals surface area contributed by atoms with Crippen LogP contribution in [0.4, 0.5) is 0 Å². The highest BCUT2D eigenvalue weighted by molar-refractivity contribution is 5.79. The summed E-state index contributed by atoms with van der Waals surface area (Å²) in [5, 5.41) is 6.27. The zero-order chi connectivity index (χ0) is 16.3. The zero-order valence-electron chi connectivity index (χ0n) is 14.0. The number of ether oxygens (including phenoxy) is 1. The molecule has 1 aliphatic carbocycles. The molecule has 1 aliphatic rings. The predicted molar refractivity (Wildman–Crippen MR) is 95.8 cm³/mol. The molecule has 1 aromatic rings. The van der Waals surface area contributed by atoms with Gasteiger partial charge in [0.1, 0.15) is 5.75 Å². The van der Waals surface area contributed by atoms with Crippen LogP contribution in [0.3, 0.4) is 0 Å². The lowest BCUT2D eigenvalue weighted by Gasteiger charge is -2.13. The van der Waals surface area contributed by atoms with E-state index in [1.807, 2.05) is 6.92 Å². The Balaban J connectivity index is 1.79. The molecule has 0 aliphatic heterocycles. The molecule has 0 saturated heterocycles. The van der Waals surface area contributed by atoms with Gasteiger partial charge in [-0.1, -0.05) is 18.1 Å². The Labute approximate surface area is 139 Å². The van der Waals surface area contributed by atoms with E-state index in [1.54, 1.807) is 0 Å². The number of terminal acetylenes is 1. The fraction of sp³-hybridized carbons (Fsp3) is 0.526. The van der Waals surface area contributed by atoms with Gasteiger partial charge in [0, 0.05) is 13.1 Å². The van der Waals surface area contributed by atoms with E-state index in [4.69, 9.17) is 11.2 Å². The van der Waals surface area contributed by atoms with Gasteiger partial charge in [0.05, 0.1) is 12.6 Å². The maximum absolute atomic E-state index is 5.98. The van der Waals surface area contributed by atoms with Gasteiger partial charge in [0.25, 0.3) is 0 Å². The van der Waals surface area contributed by atoms with Crippen molar-refractivity contribution in [3.8, 4) is 18.1 Å². The van der Waals surface area contributed by atoms with Crippen molar-refractivity contribution in [3.63, 3.8) is 0 Å². The van der Waals surface area contributed by atoms with E-state index < -0.39 is 0 Å². The number of hydrogen-bond donors (Lipinski definition) is 2. The molecule has 0 unspecified atom stereocenters. The van der Waals surface area contributed by atoms with Crippen LogP contribution in [0.5, 0.6) is 5.75 Å². The number of nitrogens with one attached hydrogen (secondary N) is 2. The van der Waals surface area contributed by atoms with Crippen molar-refractivity contribution in [1.82, 2.24) is 10.6 Å². The van der Waals surface area contributed by atoms with E-state index >= 15 is 0 Å². The van der Waals surface area contributed by atoms with Gasteiger partial charge in [0.15, 0.2) is 5.96 Å². The Kier molecular flexibility index (Phi) is 7.32. The Hall–Kier alpha value is -2.15. The molecule has 2 rings (SSSR count). The van der Waals surface area contributed by atoms with Crippen LogP contribution < -0.4 is 15.4 Å². The molecule has 23 heavy (non-hydrogen) atoms. The first-order chi connectivity index (χ1) is 11.3. The second-order valence-electron chi connectivity index (χ2n) is 5.74. The van der Waals surface area contributed by atoms with Crippen LogP contribution in [0.2, 0.25) is 0 Å². The molecule has 0 heterocycles. The minimum Gasteiger partial charge on any atom is -0.490 e. The third kappa shape index (κ3) is 6.23. The number of guanidine groups is 1. The smallest absolute Gasteiger partial charge is 0.192 e. The van der Waals surface area contributed by atoms with Crippen molar-refractivity contribution in [2.45, 2.75) is 45.1 Å². The van der Waals surface area contributed by atoms with Gasteiger partial charge in [-0.05, 0) is 56.7 Å². The van der Waals surface area contributed by atoms with Crippen LogP contribution in [-0.2, 0) is 6.42 Å². The monoisotopic (exact) mass is 313 g/mol. The fourth-order valence-electron chi connectivity index (χ4n) is 2.71. The van der Waals surface area contributed by atoms with Crippen LogP contribution in [0.15, 0.2) is 29.3 Å². The van der Waals surface area contributed by atoms with E-state index in [0.29, 0.717) is 12.6 Å². The van der Waals surface area contributed by atoms with Crippen LogP contribution in [0.25, 0.3) is 0 Å². The summed E-state index contributed by atoms with van der Waals surface area (Å²) in [5.74, 6) is 4.30. The SMILES string of the molecule is C#CCNC(=NCCc1ccc(OC2CCCC2)cc1)NCC. The van der Waals surface area contributed by atoms with Crippen LogP contribution >= 0.6 is 0 Å². The van der Waals surface area contributed by atoms with E-state index in [0.717, 1.165) is 31.2 Å². The molecule has 0 atom stereocenters. The molecule has 124 valence electrons. The molecule has 0 amide bonds. The molecular formula is C19H27N3O. The minimum absolute atomic E-state index is 0.412. The van der Waals surface area contributed by atoms with Gasteiger partial charge in [-0.15, -0.1) is 6.42 Å². The van der Waals surface area contributed by atoms with E-state index in [9.17, 15) is 0 Å². The van der Waals surface area contributed by atoms with Gasteiger partial charge in [-0.2, -0.15) is 0 Å². The number of aliphatic imine (C=N–C) groups is 1. The summed E-state index contributed by atoms with van der Waals surface area (Å²) in [6.07, 6.45) is 11.5. The van der Waals surface area contributed by atoms with Crippen molar-refractivity contribution >= 4 is 5.96 Å². The average Bonchev–Trinajstić information content (AvgIpc) is 3.07. The van der Waals surface area contributed by atoms with Crippen LogP contribution in [0.1, 0.15) is 38.2 Å². The van der Waals surface area contributed by atoms with E-state index in [2.05, 4.69) is 45.8 Å². The first kappa shape index (κ1) is 17.2. The quantitative estimate of drug-likeness (QED) is 0.462. The zero-order valence-corrected chi connectivity index (χ0v) is 14.0. The molecule has 0 spiro atoms. The van der Waals surface area contributed by atoms with Crippen molar-refractivity contribution in [1.29, 1.82) is 0 Å². The highest BCUT2D eigenvalue weighted by Gasteiger charge is 2.16. The molecular weight excluding hydrogens is 286 g/mol. The summed E-state index contributed by atoms with van der Waals surface area (Å²) in [4.78, 5) is 4.52. The van der Waals surface area contributed by atoms with E-state index in [-0.39, 0.29) is 0 Å². The maximum Gasteiger partial charge on any atom is 0.192 e. The lowest BCUT2D eigenvalue weighted by Crippen LogP contribution is -2.37. The normalized spacial score (nSPS) is 15.2. The summed E-state index contributed by atoms with van der Waals surface area (Å²) in [7, 11) is 0. The molecule has 0 radical (unpaired) electrons. The Morgan fingerprint density at radius 3 is 2.65 bits per heavy atom. The highest BCUT2D eigenvalue weighted by Crippen LogP contribution is 2.24. The summed E-state index contributed by atoms with van der Waals surface area (Å²) in [6.45, 7) is 4.07. The molecule has 1 saturated carbocycles. The average molecular weight is 313 g/mol. The van der Waals surface area contributed by atoms with Gasteiger partial charge in [-0.25, -0.2) is 0 Å². The minimum atomic E-state index is 0.412. The summed E-state index contributed by atoms with van der Waals surface area (Å²) in [5.41, 5.74) is 1.26. The highest BCUT2D eigenvalue weighted by atomic mass is 16.5. The van der Waals surface area contributed by atoms with Gasteiger partial charge >= 0.3 is 0 Å². The largest absolute Gasteiger partial charge is 0.490 e. The third-order valence-corrected chi connectivity index (χ3v) is 3.90. The fourth-order valence-corrected chi connectivity index (χ4v) is 2.71. The summed E-state index contributed by atoms with van der Waals surface area (Å²) >= 11 is 0. The van der Waals surface area contributed by atoms with Gasteiger partial charge in [-0.3, -0.25) is 4.99 Å². The summed E-state index contributed by atoms with van der Waals surface area (Å²) < 4.78 is 5.98. The molecule has 4 nitrogen and oxygen atoms in total. The van der Waals surface area contributed by atoms with Gasteiger partial charge in [0.2, 0.25) is 0 Å². The maximum atomic E-state index is 5.98. The first-order valence-electron chi connectivity index (χ1n) is 8.53. The lowest BCUT2D eigenvalue weighted by atomic mass is 10.1. The number of nitrogens with zero attached hydrogens (tertiary/aromatic N) is 1. The van der Waals surface area contributed by atoms with Crippen molar-refractivity contribution in [2.24, 2.45) is 4.99 Å². The molecule has 1 aromatic carbocycles. The molecule has 4 heteroatoms. The van der Waals surface area contributed by atoms with Crippen molar-refractivity contribution in [2.75, 3.05) is 19.6 Å². The number of benzene rings is 1. The number of rotatable bonds is 7. The van der Waals surface area contributed by atoms with Gasteiger partial charge < -0.3 is 15.4 Å². The molecule has 0 bridgehead atoms. The predicted octanol–water partition coefficient (Wildman–Crippen LogP) is 2.74. The lowest BCUT2D eigenvalue weighted by molar-refractivity contribution is 0.210. The second-order valence-corrected chi connectivity index (χ2v) is 5.74. The Morgan fingerprint density at radius 1 is 1.26 bits per heavy atom. The Bertz CT molecular complexity index is 525. The molecule has 1 fully saturated rings. The van der Waals surface area contributed by atoms with Crippen LogP contribution in [-0.4, -0.2) is 31.7 Å². The standard InChI is InChI=1S/C19H27N3O/c1-3-14-21-19(20-4-2)22-15-13-16-9-11-18(12-10-16)23-17-7-5-6-8-17/h1,9-12,17H,4-8,13-15H2,2H3,(H2,20,21,22). The molecule has 2 N–H and O–H groups in total.